The van der Waals surface area contributed by atoms with E-state index in [0.717, 1.165) is 16.0 Å². The Morgan fingerprint density at radius 3 is 2.37 bits per heavy atom. The number of aryl methyl sites for hydroxylation is 2. The Morgan fingerprint density at radius 1 is 1.11 bits per heavy atom. The van der Waals surface area contributed by atoms with Crippen molar-refractivity contribution in [1.29, 1.82) is 0 Å². The van der Waals surface area contributed by atoms with Gasteiger partial charge in [-0.05, 0) is 43.5 Å². The van der Waals surface area contributed by atoms with Crippen LogP contribution >= 0.6 is 0 Å². The highest BCUT2D eigenvalue weighted by molar-refractivity contribution is 6.11. The lowest BCUT2D eigenvalue weighted by molar-refractivity contribution is -0.131. The third kappa shape index (κ3) is 3.23. The summed E-state index contributed by atoms with van der Waals surface area (Å²) in [5, 5.41) is 2.70. The standard InChI is InChI=1S/C21H21FN2O3/c1-4-21(15-6-8-16(22)9-7-15)19(26)24(20(27)23-21)12-18(25)17-10-5-13(2)11-14(17)3/h5-11H,4,12H2,1-3H3,(H,23,27)/t21-/m0/s1. The first-order valence-electron chi connectivity index (χ1n) is 8.79. The van der Waals surface area contributed by atoms with Crippen LogP contribution in [0.4, 0.5) is 9.18 Å². The molecule has 27 heavy (non-hydrogen) atoms. The molecule has 0 bridgehead atoms. The van der Waals surface area contributed by atoms with Crippen LogP contribution in [0, 0.1) is 19.7 Å². The van der Waals surface area contributed by atoms with E-state index >= 15 is 0 Å². The molecule has 0 radical (unpaired) electrons. The number of carbonyl (C=O) groups is 3. The van der Waals surface area contributed by atoms with Gasteiger partial charge in [0.05, 0.1) is 6.54 Å². The number of hydrogen-bond acceptors (Lipinski definition) is 3. The molecule has 140 valence electrons. The molecule has 0 saturated carbocycles. The molecule has 2 aromatic carbocycles. The lowest BCUT2D eigenvalue weighted by atomic mass is 9.87. The molecule has 1 fully saturated rings. The summed E-state index contributed by atoms with van der Waals surface area (Å²) in [7, 11) is 0. The van der Waals surface area contributed by atoms with Crippen molar-refractivity contribution in [1.82, 2.24) is 10.2 Å². The molecule has 1 heterocycles. The number of nitrogens with one attached hydrogen (secondary N) is 1. The number of amides is 3. The Morgan fingerprint density at radius 2 is 1.78 bits per heavy atom. The minimum Gasteiger partial charge on any atom is -0.319 e. The number of hydrogen-bond donors (Lipinski definition) is 1. The second kappa shape index (κ2) is 6.95. The van der Waals surface area contributed by atoms with Crippen molar-refractivity contribution in [3.8, 4) is 0 Å². The first kappa shape index (κ1) is 18.8. The third-order valence-electron chi connectivity index (χ3n) is 5.03. The van der Waals surface area contributed by atoms with Gasteiger partial charge in [-0.15, -0.1) is 0 Å². The number of nitrogens with zero attached hydrogens (tertiary/aromatic N) is 1. The van der Waals surface area contributed by atoms with Crippen LogP contribution in [0.1, 0.15) is 40.4 Å². The predicted octanol–water partition coefficient (Wildman–Crippen LogP) is 3.48. The summed E-state index contributed by atoms with van der Waals surface area (Å²) >= 11 is 0. The predicted molar refractivity (Wildman–Crippen MR) is 98.9 cm³/mol. The van der Waals surface area contributed by atoms with Gasteiger partial charge in [0.25, 0.3) is 5.91 Å². The van der Waals surface area contributed by atoms with Crippen molar-refractivity contribution in [2.75, 3.05) is 6.54 Å². The van der Waals surface area contributed by atoms with Gasteiger partial charge in [0.1, 0.15) is 11.4 Å². The lowest BCUT2D eigenvalue weighted by Gasteiger charge is -2.25. The van der Waals surface area contributed by atoms with Crippen LogP contribution < -0.4 is 5.32 Å². The van der Waals surface area contributed by atoms with Gasteiger partial charge in [0.2, 0.25) is 0 Å². The van der Waals surface area contributed by atoms with Gasteiger partial charge in [0, 0.05) is 5.56 Å². The zero-order chi connectivity index (χ0) is 19.8. The summed E-state index contributed by atoms with van der Waals surface area (Å²) < 4.78 is 13.3. The second-order valence-electron chi connectivity index (χ2n) is 6.83. The number of carbonyl (C=O) groups excluding carboxylic acids is 3. The largest absolute Gasteiger partial charge is 0.325 e. The zero-order valence-electron chi connectivity index (χ0n) is 15.5. The number of ketones is 1. The van der Waals surface area contributed by atoms with Gasteiger partial charge in [-0.25, -0.2) is 9.18 Å². The van der Waals surface area contributed by atoms with Crippen LogP contribution in [0.15, 0.2) is 42.5 Å². The summed E-state index contributed by atoms with van der Waals surface area (Å²) in [4.78, 5) is 39.1. The zero-order valence-corrected chi connectivity index (χ0v) is 15.5. The van der Waals surface area contributed by atoms with Gasteiger partial charge in [-0.2, -0.15) is 0 Å². The van der Waals surface area contributed by atoms with Crippen LogP contribution in [0.2, 0.25) is 0 Å². The fourth-order valence-corrected chi connectivity index (χ4v) is 3.50. The molecule has 3 rings (SSSR count). The molecule has 5 nitrogen and oxygen atoms in total. The molecule has 0 spiro atoms. The van der Waals surface area contributed by atoms with Crippen molar-refractivity contribution >= 4 is 17.7 Å². The van der Waals surface area contributed by atoms with Gasteiger partial charge in [-0.3, -0.25) is 14.5 Å². The van der Waals surface area contributed by atoms with Crippen LogP contribution in [-0.2, 0) is 10.3 Å². The van der Waals surface area contributed by atoms with Crippen LogP contribution in [0.25, 0.3) is 0 Å². The summed E-state index contributed by atoms with van der Waals surface area (Å²) in [6.45, 7) is 5.17. The molecule has 0 aromatic heterocycles. The minimum atomic E-state index is -1.28. The van der Waals surface area contributed by atoms with E-state index in [1.165, 1.54) is 24.3 Å². The number of Topliss-reactive ketones (excluding diaryl/α,β-unsaturated/α-hetero) is 1. The van der Waals surface area contributed by atoms with E-state index in [2.05, 4.69) is 5.32 Å². The van der Waals surface area contributed by atoms with Crippen LogP contribution in [-0.4, -0.2) is 29.2 Å². The molecule has 2 aromatic rings. The third-order valence-corrected chi connectivity index (χ3v) is 5.03. The Labute approximate surface area is 157 Å². The number of imide groups is 1. The van der Waals surface area contributed by atoms with Crippen LogP contribution in [0.5, 0.6) is 0 Å². The van der Waals surface area contributed by atoms with E-state index in [0.29, 0.717) is 11.1 Å². The molecule has 1 saturated heterocycles. The molecular weight excluding hydrogens is 347 g/mol. The highest BCUT2D eigenvalue weighted by Crippen LogP contribution is 2.32. The Balaban J connectivity index is 1.89. The highest BCUT2D eigenvalue weighted by atomic mass is 19.1. The van der Waals surface area contributed by atoms with Crippen molar-refractivity contribution in [3.05, 3.63) is 70.5 Å². The summed E-state index contributed by atoms with van der Waals surface area (Å²) in [6, 6.07) is 10.2. The van der Waals surface area contributed by atoms with E-state index in [4.69, 9.17) is 0 Å². The van der Waals surface area contributed by atoms with E-state index in [1.54, 1.807) is 13.0 Å². The molecule has 1 aliphatic heterocycles. The van der Waals surface area contributed by atoms with E-state index in [9.17, 15) is 18.8 Å². The summed E-state index contributed by atoms with van der Waals surface area (Å²) in [6.07, 6.45) is 0.289. The smallest absolute Gasteiger partial charge is 0.319 e. The fourth-order valence-electron chi connectivity index (χ4n) is 3.50. The SMILES string of the molecule is CC[C@@]1(c2ccc(F)cc2)NC(=O)N(CC(=O)c2ccc(C)cc2C)C1=O. The quantitative estimate of drug-likeness (QED) is 0.649. The lowest BCUT2D eigenvalue weighted by Crippen LogP contribution is -2.43. The normalized spacial score (nSPS) is 19.3. The Bertz CT molecular complexity index is 924. The number of rotatable bonds is 5. The molecule has 0 aliphatic carbocycles. The maximum absolute atomic E-state index is 13.3. The molecule has 6 heteroatoms. The van der Waals surface area contributed by atoms with Gasteiger partial charge in [-0.1, -0.05) is 42.8 Å². The molecule has 0 unspecified atom stereocenters. The van der Waals surface area contributed by atoms with Gasteiger partial charge < -0.3 is 5.32 Å². The number of halogens is 1. The molecule has 1 N–H and O–H groups in total. The van der Waals surface area contributed by atoms with Crippen molar-refractivity contribution in [2.45, 2.75) is 32.7 Å². The fraction of sp³-hybridized carbons (Fsp3) is 0.286. The maximum Gasteiger partial charge on any atom is 0.325 e. The molecule has 3 amide bonds. The molecule has 1 aliphatic rings. The average Bonchev–Trinajstić information content (AvgIpc) is 2.87. The number of urea groups is 1. The van der Waals surface area contributed by atoms with Crippen LogP contribution in [0.3, 0.4) is 0 Å². The Hall–Kier alpha value is -3.02. The van der Waals surface area contributed by atoms with E-state index in [1.807, 2.05) is 26.0 Å². The first-order valence-corrected chi connectivity index (χ1v) is 8.79. The van der Waals surface area contributed by atoms with Crippen molar-refractivity contribution < 1.29 is 18.8 Å². The van der Waals surface area contributed by atoms with E-state index in [-0.39, 0.29) is 18.7 Å². The molecular formula is C21H21FN2O3. The number of benzene rings is 2. The second-order valence-corrected chi connectivity index (χ2v) is 6.83. The van der Waals surface area contributed by atoms with Crippen molar-refractivity contribution in [2.24, 2.45) is 0 Å². The average molecular weight is 368 g/mol. The highest BCUT2D eigenvalue weighted by Gasteiger charge is 2.51. The minimum absolute atomic E-state index is 0.289. The van der Waals surface area contributed by atoms with Crippen molar-refractivity contribution in [3.63, 3.8) is 0 Å². The van der Waals surface area contributed by atoms with Gasteiger partial charge >= 0.3 is 6.03 Å². The van der Waals surface area contributed by atoms with E-state index < -0.39 is 23.3 Å². The monoisotopic (exact) mass is 368 g/mol. The maximum atomic E-state index is 13.3. The topological polar surface area (TPSA) is 66.5 Å². The van der Waals surface area contributed by atoms with Gasteiger partial charge in [0.15, 0.2) is 5.78 Å². The Kier molecular flexibility index (Phi) is 4.83. The first-order chi connectivity index (χ1) is 12.8. The molecule has 1 atom stereocenters. The summed E-state index contributed by atoms with van der Waals surface area (Å²) in [5.41, 5.74) is 1.52. The summed E-state index contributed by atoms with van der Waals surface area (Å²) in [5.74, 6) is -1.23.